The van der Waals surface area contributed by atoms with Gasteiger partial charge in [0.25, 0.3) is 0 Å². The monoisotopic (exact) mass is 384 g/mol. The van der Waals surface area contributed by atoms with Gasteiger partial charge in [0.1, 0.15) is 0 Å². The molecule has 154 valence electrons. The average molecular weight is 385 g/mol. The van der Waals surface area contributed by atoms with Gasteiger partial charge in [0.2, 0.25) is 0 Å². The van der Waals surface area contributed by atoms with Gasteiger partial charge in [0.05, 0.1) is 5.60 Å². The van der Waals surface area contributed by atoms with Crippen molar-refractivity contribution in [2.75, 3.05) is 19.6 Å². The van der Waals surface area contributed by atoms with Crippen LogP contribution < -0.4 is 0 Å². The Bertz CT molecular complexity index is 766. The molecular formula is C24H36N2O2. The predicted molar refractivity (Wildman–Crippen MR) is 112 cm³/mol. The zero-order valence-corrected chi connectivity index (χ0v) is 18.2. The number of hydrogen-bond acceptors (Lipinski definition) is 2. The van der Waals surface area contributed by atoms with Gasteiger partial charge in [0, 0.05) is 37.0 Å². The van der Waals surface area contributed by atoms with Crippen LogP contribution >= 0.6 is 0 Å². The van der Waals surface area contributed by atoms with E-state index >= 15 is 0 Å². The number of nitrogens with zero attached hydrogens (tertiary/aromatic N) is 2. The number of carbonyl (C=O) groups excluding carboxylic acids is 1. The Morgan fingerprint density at radius 2 is 1.89 bits per heavy atom. The van der Waals surface area contributed by atoms with Crippen LogP contribution in [0.5, 0.6) is 0 Å². The van der Waals surface area contributed by atoms with Crippen molar-refractivity contribution in [2.45, 2.75) is 77.4 Å². The molecule has 1 aromatic carbocycles. The first-order chi connectivity index (χ1) is 13.1. The second-order valence-corrected chi connectivity index (χ2v) is 10.6. The van der Waals surface area contributed by atoms with E-state index in [1.165, 1.54) is 11.1 Å². The molecule has 4 nitrogen and oxygen atoms in total. The lowest BCUT2D eigenvalue weighted by molar-refractivity contribution is -0.0378. The number of aliphatic hydroxyl groups is 1. The number of benzene rings is 1. The van der Waals surface area contributed by atoms with Gasteiger partial charge in [-0.05, 0) is 56.1 Å². The van der Waals surface area contributed by atoms with E-state index in [0.717, 1.165) is 38.8 Å². The molecule has 1 aliphatic carbocycles. The zero-order chi connectivity index (χ0) is 20.3. The molecule has 1 aromatic rings. The third-order valence-electron chi connectivity index (χ3n) is 8.45. The molecule has 3 atom stereocenters. The van der Waals surface area contributed by atoms with Gasteiger partial charge >= 0.3 is 6.03 Å². The molecule has 0 saturated carbocycles. The summed E-state index contributed by atoms with van der Waals surface area (Å²) >= 11 is 0. The lowest BCUT2D eigenvalue weighted by Gasteiger charge is -2.61. The normalized spacial score (nSPS) is 32.1. The molecule has 4 rings (SSSR count). The molecule has 1 N–H and O–H groups in total. The molecule has 0 spiro atoms. The fourth-order valence-corrected chi connectivity index (χ4v) is 6.01. The summed E-state index contributed by atoms with van der Waals surface area (Å²) in [5.74, 6) is 0.153. The minimum Gasteiger partial charge on any atom is -0.390 e. The minimum atomic E-state index is -0.734. The quantitative estimate of drug-likeness (QED) is 0.788. The highest BCUT2D eigenvalue weighted by Gasteiger charge is 2.57. The van der Waals surface area contributed by atoms with Crippen LogP contribution in [0.15, 0.2) is 24.3 Å². The molecule has 1 unspecified atom stereocenters. The first kappa shape index (κ1) is 19.8. The number of piperidine rings is 2. The van der Waals surface area contributed by atoms with E-state index in [4.69, 9.17) is 0 Å². The van der Waals surface area contributed by atoms with Crippen LogP contribution in [-0.4, -0.2) is 52.2 Å². The predicted octanol–water partition coefficient (Wildman–Crippen LogP) is 4.20. The van der Waals surface area contributed by atoms with Crippen LogP contribution in [-0.2, 0) is 11.8 Å². The summed E-state index contributed by atoms with van der Waals surface area (Å²) in [5.41, 5.74) is 2.27. The van der Waals surface area contributed by atoms with Crippen molar-refractivity contribution < 1.29 is 9.90 Å². The van der Waals surface area contributed by atoms with Crippen LogP contribution in [0.1, 0.15) is 65.0 Å². The van der Waals surface area contributed by atoms with Crippen molar-refractivity contribution in [2.24, 2.45) is 11.3 Å². The first-order valence-corrected chi connectivity index (χ1v) is 10.9. The number of rotatable bonds is 1. The fraction of sp³-hybridized carbons (Fsp3) is 0.708. The maximum Gasteiger partial charge on any atom is 0.320 e. The number of likely N-dealkylation sites (tertiary alicyclic amines) is 2. The van der Waals surface area contributed by atoms with E-state index in [1.807, 2.05) is 18.7 Å². The van der Waals surface area contributed by atoms with Crippen molar-refractivity contribution in [1.29, 1.82) is 0 Å². The Hall–Kier alpha value is -1.55. The maximum atomic E-state index is 13.6. The van der Waals surface area contributed by atoms with Gasteiger partial charge in [-0.1, -0.05) is 45.0 Å². The Kier molecular flexibility index (Phi) is 4.57. The summed E-state index contributed by atoms with van der Waals surface area (Å²) in [7, 11) is 0. The third-order valence-corrected chi connectivity index (χ3v) is 8.45. The molecule has 2 heterocycles. The highest BCUT2D eigenvalue weighted by Crippen LogP contribution is 2.56. The van der Waals surface area contributed by atoms with Crippen molar-refractivity contribution in [3.05, 3.63) is 35.4 Å². The fourth-order valence-electron chi connectivity index (χ4n) is 6.01. The van der Waals surface area contributed by atoms with Crippen LogP contribution in [0, 0.1) is 11.3 Å². The SMILES string of the molecule is CC(C)(O)[C@H]1CCCN(C(=O)N2CCC3(C)c4ccccc4C[C@@H]2C3(C)C)C1. The summed E-state index contributed by atoms with van der Waals surface area (Å²) in [4.78, 5) is 17.8. The topological polar surface area (TPSA) is 43.8 Å². The maximum absolute atomic E-state index is 13.6. The summed E-state index contributed by atoms with van der Waals surface area (Å²) < 4.78 is 0. The van der Waals surface area contributed by atoms with E-state index in [1.54, 1.807) is 0 Å². The Labute approximate surface area is 169 Å². The standard InChI is InChI=1S/C24H36N2O2/c1-22(2)20-15-17-9-6-7-11-19(17)24(22,5)12-14-26(20)21(27)25-13-8-10-18(16-25)23(3,4)28/h6-7,9,11,18,20,28H,8,10,12-16H2,1-5H3/t18-,20+,24?/m0/s1. The van der Waals surface area contributed by atoms with Crippen molar-refractivity contribution >= 4 is 6.03 Å². The zero-order valence-electron chi connectivity index (χ0n) is 18.2. The Morgan fingerprint density at radius 3 is 2.61 bits per heavy atom. The highest BCUT2D eigenvalue weighted by molar-refractivity contribution is 5.75. The molecular weight excluding hydrogens is 348 g/mol. The second kappa shape index (κ2) is 6.48. The van der Waals surface area contributed by atoms with E-state index in [0.29, 0.717) is 6.54 Å². The molecule has 2 bridgehead atoms. The van der Waals surface area contributed by atoms with Gasteiger partial charge in [0.15, 0.2) is 0 Å². The van der Waals surface area contributed by atoms with E-state index in [-0.39, 0.29) is 28.8 Å². The molecule has 0 radical (unpaired) electrons. The molecule has 2 saturated heterocycles. The Balaban J connectivity index is 1.62. The molecule has 3 aliphatic rings. The Morgan fingerprint density at radius 1 is 1.18 bits per heavy atom. The smallest absolute Gasteiger partial charge is 0.320 e. The second-order valence-electron chi connectivity index (χ2n) is 10.6. The molecule has 0 aromatic heterocycles. The van der Waals surface area contributed by atoms with Gasteiger partial charge in [-0.2, -0.15) is 0 Å². The molecule has 2 amide bonds. The summed E-state index contributed by atoms with van der Waals surface area (Å²) in [6, 6.07) is 9.21. The van der Waals surface area contributed by atoms with Crippen LogP contribution in [0.2, 0.25) is 0 Å². The van der Waals surface area contributed by atoms with Gasteiger partial charge in [-0.3, -0.25) is 0 Å². The first-order valence-electron chi connectivity index (χ1n) is 10.9. The summed E-state index contributed by atoms with van der Waals surface area (Å²) in [5, 5.41) is 10.5. The summed E-state index contributed by atoms with van der Waals surface area (Å²) in [6.07, 6.45) is 3.91. The molecule has 4 heteroatoms. The van der Waals surface area contributed by atoms with Crippen LogP contribution in [0.25, 0.3) is 0 Å². The van der Waals surface area contributed by atoms with Gasteiger partial charge in [-0.15, -0.1) is 0 Å². The van der Waals surface area contributed by atoms with Crippen molar-refractivity contribution in [3.8, 4) is 0 Å². The lowest BCUT2D eigenvalue weighted by atomic mass is 9.51. The number of carbonyl (C=O) groups is 1. The largest absolute Gasteiger partial charge is 0.390 e. The number of amides is 2. The molecule has 2 fully saturated rings. The number of urea groups is 1. The van der Waals surface area contributed by atoms with Crippen molar-refractivity contribution in [3.63, 3.8) is 0 Å². The number of hydrogen-bond donors (Lipinski definition) is 1. The van der Waals surface area contributed by atoms with E-state index < -0.39 is 5.60 Å². The summed E-state index contributed by atoms with van der Waals surface area (Å²) in [6.45, 7) is 13.1. The lowest BCUT2D eigenvalue weighted by Crippen LogP contribution is -2.67. The van der Waals surface area contributed by atoms with E-state index in [2.05, 4.69) is 49.9 Å². The molecule has 28 heavy (non-hydrogen) atoms. The van der Waals surface area contributed by atoms with Crippen molar-refractivity contribution in [1.82, 2.24) is 9.80 Å². The molecule has 2 aliphatic heterocycles. The van der Waals surface area contributed by atoms with Crippen LogP contribution in [0.3, 0.4) is 0 Å². The number of fused-ring (bicyclic) bond motifs is 4. The van der Waals surface area contributed by atoms with Gasteiger partial charge < -0.3 is 14.9 Å². The third kappa shape index (κ3) is 2.87. The average Bonchev–Trinajstić information content (AvgIpc) is 2.64. The minimum absolute atomic E-state index is 0.0285. The van der Waals surface area contributed by atoms with E-state index in [9.17, 15) is 9.90 Å². The van der Waals surface area contributed by atoms with Gasteiger partial charge in [-0.25, -0.2) is 4.79 Å². The van der Waals surface area contributed by atoms with Crippen LogP contribution in [0.4, 0.5) is 4.79 Å². The highest BCUT2D eigenvalue weighted by atomic mass is 16.3.